The van der Waals surface area contributed by atoms with Gasteiger partial charge in [-0.05, 0) is 36.8 Å². The highest BCUT2D eigenvalue weighted by Gasteiger charge is 2.13. The highest BCUT2D eigenvalue weighted by Crippen LogP contribution is 2.19. The smallest absolute Gasteiger partial charge is 0.325 e. The topological polar surface area (TPSA) is 73.8 Å². The maximum Gasteiger partial charge on any atom is 0.325 e. The van der Waals surface area contributed by atoms with Gasteiger partial charge in [0.25, 0.3) is 0 Å². The predicted octanol–water partition coefficient (Wildman–Crippen LogP) is 2.52. The van der Waals surface area contributed by atoms with E-state index in [0.717, 1.165) is 15.8 Å². The van der Waals surface area contributed by atoms with Crippen molar-refractivity contribution < 1.29 is 18.7 Å². The van der Waals surface area contributed by atoms with E-state index < -0.39 is 11.9 Å². The number of aromatic nitrogens is 1. The van der Waals surface area contributed by atoms with E-state index in [1.165, 1.54) is 24.7 Å². The van der Waals surface area contributed by atoms with Gasteiger partial charge in [-0.15, -0.1) is 0 Å². The van der Waals surface area contributed by atoms with Crippen molar-refractivity contribution in [2.24, 2.45) is 4.99 Å². The van der Waals surface area contributed by atoms with Crippen LogP contribution in [-0.4, -0.2) is 23.6 Å². The van der Waals surface area contributed by atoms with Gasteiger partial charge in [0.15, 0.2) is 10.6 Å². The van der Waals surface area contributed by atoms with Crippen molar-refractivity contribution in [1.82, 2.24) is 4.57 Å². The van der Waals surface area contributed by atoms with Crippen LogP contribution in [0.15, 0.2) is 46.0 Å². The lowest BCUT2D eigenvalue weighted by molar-refractivity contribution is -0.141. The van der Waals surface area contributed by atoms with Gasteiger partial charge in [0.05, 0.1) is 23.6 Å². The van der Waals surface area contributed by atoms with Gasteiger partial charge in [0.1, 0.15) is 6.54 Å². The molecule has 3 rings (SSSR count). The normalized spacial score (nSPS) is 11.8. The average Bonchev–Trinajstić information content (AvgIpc) is 3.16. The molecule has 118 valence electrons. The summed E-state index contributed by atoms with van der Waals surface area (Å²) >= 11 is 1.34. The number of thiazole rings is 1. The molecule has 0 saturated carbocycles. The van der Waals surface area contributed by atoms with Gasteiger partial charge in [-0.2, -0.15) is 4.99 Å². The number of aryl methyl sites for hydroxylation is 1. The Balaban J connectivity index is 2.16. The Morgan fingerprint density at radius 1 is 1.35 bits per heavy atom. The SMILES string of the molecule is COC(=O)Cn1c(=NC(=O)c2ccco2)sc2cc(C)ccc21. The number of methoxy groups -OCH3 is 1. The standard InChI is InChI=1S/C16H14N2O4S/c1-10-5-6-11-13(8-10)23-16(18(11)9-14(19)21-2)17-15(20)12-4-3-7-22-12/h3-8H,9H2,1-2H3. The summed E-state index contributed by atoms with van der Waals surface area (Å²) in [6, 6.07) is 9.01. The lowest BCUT2D eigenvalue weighted by Crippen LogP contribution is -2.22. The van der Waals surface area contributed by atoms with E-state index in [-0.39, 0.29) is 12.3 Å². The Bertz CT molecular complexity index is 935. The second-order valence-electron chi connectivity index (χ2n) is 4.91. The fourth-order valence-corrected chi connectivity index (χ4v) is 3.28. The van der Waals surface area contributed by atoms with E-state index in [2.05, 4.69) is 4.99 Å². The summed E-state index contributed by atoms with van der Waals surface area (Å²) in [6.07, 6.45) is 1.42. The molecule has 0 fully saturated rings. The quantitative estimate of drug-likeness (QED) is 0.692. The number of rotatable bonds is 3. The number of carbonyl (C=O) groups excluding carboxylic acids is 2. The van der Waals surface area contributed by atoms with E-state index in [9.17, 15) is 9.59 Å². The van der Waals surface area contributed by atoms with Gasteiger partial charge in [-0.25, -0.2) is 0 Å². The molecule has 0 unspecified atom stereocenters. The van der Waals surface area contributed by atoms with Crippen LogP contribution in [0.1, 0.15) is 16.1 Å². The molecular weight excluding hydrogens is 316 g/mol. The number of fused-ring (bicyclic) bond motifs is 1. The number of nitrogens with zero attached hydrogens (tertiary/aromatic N) is 2. The Kier molecular flexibility index (Phi) is 4.12. The van der Waals surface area contributed by atoms with Crippen LogP contribution in [0.2, 0.25) is 0 Å². The Morgan fingerprint density at radius 2 is 2.17 bits per heavy atom. The van der Waals surface area contributed by atoms with E-state index >= 15 is 0 Å². The Hall–Kier alpha value is -2.67. The Labute approximate surface area is 135 Å². The second kappa shape index (κ2) is 6.21. The summed E-state index contributed by atoms with van der Waals surface area (Å²) in [5, 5.41) is 0. The molecule has 0 aliphatic rings. The number of esters is 1. The van der Waals surface area contributed by atoms with E-state index in [0.29, 0.717) is 4.80 Å². The molecule has 0 spiro atoms. The van der Waals surface area contributed by atoms with Crippen molar-refractivity contribution in [2.45, 2.75) is 13.5 Å². The molecule has 7 heteroatoms. The van der Waals surface area contributed by atoms with Crippen LogP contribution in [0.25, 0.3) is 10.2 Å². The summed E-state index contributed by atoms with van der Waals surface area (Å²) in [5.74, 6) is -0.739. The Morgan fingerprint density at radius 3 is 2.87 bits per heavy atom. The molecule has 6 nitrogen and oxygen atoms in total. The van der Waals surface area contributed by atoms with Crippen LogP contribution in [0.3, 0.4) is 0 Å². The molecule has 3 aromatic rings. The first-order valence-corrected chi connectivity index (χ1v) is 7.69. The summed E-state index contributed by atoms with van der Waals surface area (Å²) in [6.45, 7) is 1.97. The zero-order chi connectivity index (χ0) is 16.4. The van der Waals surface area contributed by atoms with Gasteiger partial charge in [0.2, 0.25) is 0 Å². The van der Waals surface area contributed by atoms with Crippen molar-refractivity contribution in [3.8, 4) is 0 Å². The lowest BCUT2D eigenvalue weighted by atomic mass is 10.2. The van der Waals surface area contributed by atoms with Crippen molar-refractivity contribution in [3.63, 3.8) is 0 Å². The molecule has 2 heterocycles. The molecule has 0 atom stereocenters. The van der Waals surface area contributed by atoms with E-state index in [1.54, 1.807) is 16.7 Å². The van der Waals surface area contributed by atoms with Crippen LogP contribution in [0.4, 0.5) is 0 Å². The number of furan rings is 1. The average molecular weight is 330 g/mol. The summed E-state index contributed by atoms with van der Waals surface area (Å²) < 4.78 is 12.4. The zero-order valence-corrected chi connectivity index (χ0v) is 13.4. The molecule has 23 heavy (non-hydrogen) atoms. The van der Waals surface area contributed by atoms with Crippen LogP contribution in [-0.2, 0) is 16.1 Å². The second-order valence-corrected chi connectivity index (χ2v) is 5.92. The molecule has 0 aliphatic heterocycles. The minimum atomic E-state index is -0.489. The van der Waals surface area contributed by atoms with Gasteiger partial charge in [-0.3, -0.25) is 9.59 Å². The fraction of sp³-hybridized carbons (Fsp3) is 0.188. The number of ether oxygens (including phenoxy) is 1. The van der Waals surface area contributed by atoms with Gasteiger partial charge >= 0.3 is 11.9 Å². The predicted molar refractivity (Wildman–Crippen MR) is 85.2 cm³/mol. The monoisotopic (exact) mass is 330 g/mol. The van der Waals surface area contributed by atoms with Crippen LogP contribution in [0.5, 0.6) is 0 Å². The first-order valence-electron chi connectivity index (χ1n) is 6.88. The third kappa shape index (κ3) is 3.09. The van der Waals surface area contributed by atoms with Crippen LogP contribution >= 0.6 is 11.3 Å². The molecule has 1 aromatic carbocycles. The van der Waals surface area contributed by atoms with E-state index in [1.807, 2.05) is 25.1 Å². The van der Waals surface area contributed by atoms with Crippen molar-refractivity contribution in [3.05, 3.63) is 52.7 Å². The highest BCUT2D eigenvalue weighted by atomic mass is 32.1. The van der Waals surface area contributed by atoms with Crippen molar-refractivity contribution >= 4 is 33.4 Å². The van der Waals surface area contributed by atoms with Gasteiger partial charge in [0, 0.05) is 0 Å². The maximum atomic E-state index is 12.1. The molecule has 0 aliphatic carbocycles. The van der Waals surface area contributed by atoms with Crippen LogP contribution < -0.4 is 4.80 Å². The summed E-state index contributed by atoms with van der Waals surface area (Å²) in [7, 11) is 1.33. The summed E-state index contributed by atoms with van der Waals surface area (Å²) in [5.41, 5.74) is 1.92. The molecule has 1 amide bonds. The highest BCUT2D eigenvalue weighted by molar-refractivity contribution is 7.16. The van der Waals surface area contributed by atoms with Crippen molar-refractivity contribution in [1.29, 1.82) is 0 Å². The number of hydrogen-bond acceptors (Lipinski definition) is 5. The largest absolute Gasteiger partial charge is 0.468 e. The zero-order valence-electron chi connectivity index (χ0n) is 12.6. The molecule has 2 aromatic heterocycles. The van der Waals surface area contributed by atoms with E-state index in [4.69, 9.17) is 9.15 Å². The third-order valence-corrected chi connectivity index (χ3v) is 4.32. The molecule has 0 bridgehead atoms. The number of hydrogen-bond donors (Lipinski definition) is 0. The molecule has 0 saturated heterocycles. The number of carbonyl (C=O) groups is 2. The van der Waals surface area contributed by atoms with Crippen molar-refractivity contribution in [2.75, 3.05) is 7.11 Å². The summed E-state index contributed by atoms with van der Waals surface area (Å²) in [4.78, 5) is 28.3. The fourth-order valence-electron chi connectivity index (χ4n) is 2.15. The minimum Gasteiger partial charge on any atom is -0.468 e. The van der Waals surface area contributed by atoms with Crippen LogP contribution in [0, 0.1) is 6.92 Å². The molecule has 0 N–H and O–H groups in total. The van der Waals surface area contributed by atoms with Gasteiger partial charge < -0.3 is 13.7 Å². The first-order chi connectivity index (χ1) is 11.1. The number of amides is 1. The molecule has 0 radical (unpaired) electrons. The van der Waals surface area contributed by atoms with Gasteiger partial charge in [-0.1, -0.05) is 17.4 Å². The third-order valence-electron chi connectivity index (χ3n) is 3.28. The number of benzene rings is 1. The molecular formula is C16H14N2O4S. The first kappa shape index (κ1) is 15.2. The minimum absolute atomic E-state index is 0.0101. The lowest BCUT2D eigenvalue weighted by Gasteiger charge is -2.03. The maximum absolute atomic E-state index is 12.1.